The molecular weight excluding hydrogens is 362 g/mol. The van der Waals surface area contributed by atoms with Gasteiger partial charge in [0, 0.05) is 12.2 Å². The van der Waals surface area contributed by atoms with E-state index < -0.39 is 35.5 Å². The second-order valence-corrected chi connectivity index (χ2v) is 8.27. The first-order valence-corrected chi connectivity index (χ1v) is 9.42. The Morgan fingerprint density at radius 1 is 1.29 bits per heavy atom. The van der Waals surface area contributed by atoms with E-state index >= 15 is 0 Å². The molecule has 8 nitrogen and oxygen atoms in total. The highest BCUT2D eigenvalue weighted by atomic mass is 16.6. The zero-order valence-electron chi connectivity index (χ0n) is 16.5. The van der Waals surface area contributed by atoms with E-state index in [1.807, 2.05) is 35.2 Å². The van der Waals surface area contributed by atoms with E-state index in [1.54, 1.807) is 20.8 Å². The van der Waals surface area contributed by atoms with Gasteiger partial charge in [0.25, 0.3) is 5.91 Å². The summed E-state index contributed by atoms with van der Waals surface area (Å²) in [6.07, 6.45) is 0.390. The maximum absolute atomic E-state index is 13.5. The third-order valence-corrected chi connectivity index (χ3v) is 5.14. The highest BCUT2D eigenvalue weighted by Gasteiger charge is 2.61. The van der Waals surface area contributed by atoms with Gasteiger partial charge in [0.05, 0.1) is 6.67 Å². The lowest BCUT2D eigenvalue weighted by molar-refractivity contribution is -0.165. The molecule has 152 valence electrons. The highest BCUT2D eigenvalue weighted by molar-refractivity contribution is 5.99. The molecule has 2 fully saturated rings. The predicted molar refractivity (Wildman–Crippen MR) is 103 cm³/mol. The van der Waals surface area contributed by atoms with Gasteiger partial charge in [-0.3, -0.25) is 14.4 Å². The maximum Gasteiger partial charge on any atom is 0.323 e. The van der Waals surface area contributed by atoms with E-state index in [-0.39, 0.29) is 12.6 Å². The third-order valence-electron chi connectivity index (χ3n) is 5.14. The van der Waals surface area contributed by atoms with Crippen LogP contribution in [0.25, 0.3) is 0 Å². The van der Waals surface area contributed by atoms with Crippen LogP contribution in [0.3, 0.4) is 0 Å². The molecule has 0 unspecified atom stereocenters. The topological polar surface area (TPSA) is 99.2 Å². The smallest absolute Gasteiger partial charge is 0.323 e. The number of anilines is 1. The number of nitrogens with one attached hydrogen (secondary N) is 1. The number of esters is 1. The van der Waals surface area contributed by atoms with Crippen LogP contribution >= 0.6 is 0 Å². The molecule has 28 heavy (non-hydrogen) atoms. The molecule has 2 aliphatic rings. The Kier molecular flexibility index (Phi) is 5.34. The lowest BCUT2D eigenvalue weighted by Crippen LogP contribution is -2.64. The molecule has 0 radical (unpaired) electrons. The molecule has 1 aromatic rings. The maximum atomic E-state index is 13.5. The number of piperidine rings is 1. The van der Waals surface area contributed by atoms with Crippen LogP contribution in [-0.2, 0) is 19.1 Å². The van der Waals surface area contributed by atoms with Crippen LogP contribution in [0.2, 0.25) is 0 Å². The van der Waals surface area contributed by atoms with E-state index in [2.05, 4.69) is 5.32 Å². The minimum Gasteiger partial charge on any atom is -0.480 e. The lowest BCUT2D eigenvalue weighted by Gasteiger charge is -2.45. The van der Waals surface area contributed by atoms with Crippen molar-refractivity contribution in [2.75, 3.05) is 31.2 Å². The van der Waals surface area contributed by atoms with Crippen LogP contribution in [0.4, 0.5) is 5.69 Å². The van der Waals surface area contributed by atoms with Gasteiger partial charge in [-0.15, -0.1) is 0 Å². The normalized spacial score (nSPS) is 25.2. The summed E-state index contributed by atoms with van der Waals surface area (Å²) in [4.78, 5) is 41.0. The average Bonchev–Trinajstić information content (AvgIpc) is 2.87. The molecular formula is C20H27N3O5. The van der Waals surface area contributed by atoms with Gasteiger partial charge < -0.3 is 25.0 Å². The quantitative estimate of drug-likeness (QED) is 0.743. The van der Waals surface area contributed by atoms with Crippen LogP contribution in [0.15, 0.2) is 30.3 Å². The molecule has 2 N–H and O–H groups in total. The van der Waals surface area contributed by atoms with Crippen molar-refractivity contribution in [2.24, 2.45) is 5.92 Å². The molecule has 0 aromatic heterocycles. The number of hydrogen-bond acceptors (Lipinski definition) is 6. The first-order valence-electron chi connectivity index (χ1n) is 9.42. The number of carboxylic acids is 1. The molecule has 8 heteroatoms. The van der Waals surface area contributed by atoms with Crippen molar-refractivity contribution in [3.8, 4) is 0 Å². The van der Waals surface area contributed by atoms with Crippen molar-refractivity contribution in [2.45, 2.75) is 38.3 Å². The van der Waals surface area contributed by atoms with Gasteiger partial charge in [-0.1, -0.05) is 18.2 Å². The van der Waals surface area contributed by atoms with Gasteiger partial charge in [0.15, 0.2) is 0 Å². The molecule has 0 saturated carbocycles. The number of benzene rings is 1. The number of amides is 1. The first-order chi connectivity index (χ1) is 13.1. The minimum absolute atomic E-state index is 0.119. The van der Waals surface area contributed by atoms with Crippen LogP contribution in [0.5, 0.6) is 0 Å². The summed E-state index contributed by atoms with van der Waals surface area (Å²) >= 11 is 0. The number of hydrogen-bond donors (Lipinski definition) is 2. The summed E-state index contributed by atoms with van der Waals surface area (Å²) in [6.45, 7) is 5.93. The highest BCUT2D eigenvalue weighted by Crippen LogP contribution is 2.42. The van der Waals surface area contributed by atoms with E-state index in [4.69, 9.17) is 4.74 Å². The molecule has 2 atom stereocenters. The van der Waals surface area contributed by atoms with E-state index in [1.165, 1.54) is 4.90 Å². The Morgan fingerprint density at radius 2 is 1.96 bits per heavy atom. The van der Waals surface area contributed by atoms with Gasteiger partial charge in [-0.25, -0.2) is 0 Å². The minimum atomic E-state index is -1.16. The van der Waals surface area contributed by atoms with Gasteiger partial charge >= 0.3 is 11.9 Å². The molecule has 1 amide bonds. The molecule has 0 aliphatic carbocycles. The fourth-order valence-corrected chi connectivity index (χ4v) is 4.05. The fourth-order valence-electron chi connectivity index (χ4n) is 4.05. The molecule has 2 saturated heterocycles. The molecule has 2 aliphatic heterocycles. The Labute approximate surface area is 164 Å². The second kappa shape index (κ2) is 7.43. The van der Waals surface area contributed by atoms with Gasteiger partial charge in [-0.05, 0) is 45.9 Å². The van der Waals surface area contributed by atoms with Crippen LogP contribution < -0.4 is 10.2 Å². The molecule has 3 rings (SSSR count). The van der Waals surface area contributed by atoms with Crippen molar-refractivity contribution in [1.29, 1.82) is 0 Å². The van der Waals surface area contributed by atoms with Crippen LogP contribution in [0.1, 0.15) is 27.2 Å². The summed E-state index contributed by atoms with van der Waals surface area (Å²) in [5.74, 6) is -2.62. The predicted octanol–water partition coefficient (Wildman–Crippen LogP) is 1.07. The van der Waals surface area contributed by atoms with Gasteiger partial charge in [-0.2, -0.15) is 0 Å². The van der Waals surface area contributed by atoms with Crippen LogP contribution in [-0.4, -0.2) is 65.3 Å². The molecule has 1 spiro atoms. The van der Waals surface area contributed by atoms with E-state index in [0.717, 1.165) is 5.69 Å². The molecule has 2 heterocycles. The summed E-state index contributed by atoms with van der Waals surface area (Å²) < 4.78 is 5.62. The van der Waals surface area contributed by atoms with E-state index in [9.17, 15) is 19.5 Å². The van der Waals surface area contributed by atoms with Crippen LogP contribution in [0, 0.1) is 5.92 Å². The number of nitrogens with zero attached hydrogens (tertiary/aromatic N) is 2. The molecule has 0 bridgehead atoms. The van der Waals surface area contributed by atoms with Crippen molar-refractivity contribution in [3.05, 3.63) is 30.3 Å². The van der Waals surface area contributed by atoms with Gasteiger partial charge in [0.1, 0.15) is 23.6 Å². The zero-order valence-corrected chi connectivity index (χ0v) is 16.5. The zero-order chi connectivity index (χ0) is 20.5. The third kappa shape index (κ3) is 3.69. The Hall–Kier alpha value is -2.61. The summed E-state index contributed by atoms with van der Waals surface area (Å²) in [6, 6.07) is 9.33. The average molecular weight is 389 g/mol. The number of para-hydroxylation sites is 1. The second-order valence-electron chi connectivity index (χ2n) is 8.27. The first kappa shape index (κ1) is 20.1. The van der Waals surface area contributed by atoms with Crippen molar-refractivity contribution in [3.63, 3.8) is 0 Å². The fraction of sp³-hybridized carbons (Fsp3) is 0.550. The number of carboxylic acid groups (broad SMARTS) is 1. The largest absolute Gasteiger partial charge is 0.480 e. The van der Waals surface area contributed by atoms with Crippen molar-refractivity contribution < 1.29 is 24.2 Å². The number of rotatable bonds is 4. The lowest BCUT2D eigenvalue weighted by atomic mass is 9.76. The molecule has 1 aromatic carbocycles. The Bertz CT molecular complexity index is 761. The van der Waals surface area contributed by atoms with E-state index in [0.29, 0.717) is 19.5 Å². The SMILES string of the molecule is CC(C)(C)OC(=O)[C@@H]1CNCC[C@@]12C(=O)N(CC(=O)O)CN2c1ccccc1. The number of aliphatic carboxylic acids is 1. The number of carbonyl (C=O) groups excluding carboxylic acids is 2. The number of ether oxygens (including phenoxy) is 1. The Morgan fingerprint density at radius 3 is 2.57 bits per heavy atom. The summed E-state index contributed by atoms with van der Waals surface area (Å²) in [5.41, 5.74) is -1.07. The Balaban J connectivity index is 2.05. The number of carbonyl (C=O) groups is 3. The van der Waals surface area contributed by atoms with Crippen molar-refractivity contribution in [1.82, 2.24) is 10.2 Å². The standard InChI is InChI=1S/C20H27N3O5/c1-19(2,3)28-17(26)15-11-21-10-9-20(15)18(27)22(12-16(24)25)13-23(20)14-7-5-4-6-8-14/h4-8,15,21H,9-13H2,1-3H3,(H,24,25)/t15-,20-/m0/s1. The van der Waals surface area contributed by atoms with Gasteiger partial charge in [0.2, 0.25) is 0 Å². The monoisotopic (exact) mass is 389 g/mol. The van der Waals surface area contributed by atoms with Crippen molar-refractivity contribution >= 4 is 23.5 Å². The summed E-state index contributed by atoms with van der Waals surface area (Å²) in [7, 11) is 0. The summed E-state index contributed by atoms with van der Waals surface area (Å²) in [5, 5.41) is 12.4.